The number of halogens is 1. The van der Waals surface area contributed by atoms with Crippen LogP contribution in [0.15, 0.2) is 9.85 Å². The van der Waals surface area contributed by atoms with E-state index >= 15 is 0 Å². The van der Waals surface area contributed by atoms with Gasteiger partial charge in [0, 0.05) is 17.5 Å². The molecule has 0 saturated carbocycles. The van der Waals surface area contributed by atoms with Gasteiger partial charge in [-0.05, 0) is 52.7 Å². The Balaban J connectivity index is 2.46. The first-order valence-electron chi connectivity index (χ1n) is 6.28. The maximum Gasteiger partial charge on any atom is 0.0704 e. The van der Waals surface area contributed by atoms with Crippen molar-refractivity contribution in [1.82, 2.24) is 5.32 Å². The van der Waals surface area contributed by atoms with Crippen molar-refractivity contribution in [3.8, 4) is 0 Å². The van der Waals surface area contributed by atoms with Crippen molar-refractivity contribution in [2.75, 3.05) is 6.54 Å². The average molecular weight is 318 g/mol. The summed E-state index contributed by atoms with van der Waals surface area (Å²) in [5.74, 6) is 0. The topological polar surface area (TPSA) is 12.0 Å². The second-order valence-corrected chi connectivity index (χ2v) is 8.47. The van der Waals surface area contributed by atoms with E-state index in [1.807, 2.05) is 11.3 Å². The van der Waals surface area contributed by atoms with Crippen molar-refractivity contribution in [1.29, 1.82) is 0 Å². The second-order valence-electron chi connectivity index (χ2n) is 5.83. The summed E-state index contributed by atoms with van der Waals surface area (Å²) in [7, 11) is 0. The Morgan fingerprint density at radius 1 is 1.41 bits per heavy atom. The molecule has 0 aliphatic heterocycles. The fourth-order valence-corrected chi connectivity index (χ4v) is 3.56. The summed E-state index contributed by atoms with van der Waals surface area (Å²) in [6.45, 7) is 12.4. The summed E-state index contributed by atoms with van der Waals surface area (Å²) in [5.41, 5.74) is 1.87. The Kier molecular flexibility index (Phi) is 5.68. The number of rotatable bonds is 6. The highest BCUT2D eigenvalue weighted by Crippen LogP contribution is 2.30. The van der Waals surface area contributed by atoms with Crippen LogP contribution in [0.2, 0.25) is 0 Å². The van der Waals surface area contributed by atoms with E-state index < -0.39 is 0 Å². The molecule has 0 saturated heterocycles. The maximum atomic E-state index is 3.56. The molecule has 98 valence electrons. The van der Waals surface area contributed by atoms with E-state index in [0.29, 0.717) is 11.5 Å². The average Bonchev–Trinajstić information content (AvgIpc) is 2.52. The molecule has 0 aliphatic carbocycles. The quantitative estimate of drug-likeness (QED) is 0.796. The Morgan fingerprint density at radius 2 is 2.06 bits per heavy atom. The smallest absolute Gasteiger partial charge is 0.0704 e. The van der Waals surface area contributed by atoms with E-state index in [1.54, 1.807) is 0 Å². The summed E-state index contributed by atoms with van der Waals surface area (Å²) in [4.78, 5) is 1.45. The minimum Gasteiger partial charge on any atom is -0.314 e. The summed E-state index contributed by atoms with van der Waals surface area (Å²) >= 11 is 5.40. The van der Waals surface area contributed by atoms with Crippen molar-refractivity contribution in [3.63, 3.8) is 0 Å². The van der Waals surface area contributed by atoms with Gasteiger partial charge in [-0.15, -0.1) is 11.3 Å². The fraction of sp³-hybridized carbons (Fsp3) is 0.714. The molecule has 0 unspecified atom stereocenters. The number of thiophene rings is 1. The van der Waals surface area contributed by atoms with Gasteiger partial charge in [-0.25, -0.2) is 0 Å². The van der Waals surface area contributed by atoms with Gasteiger partial charge in [-0.2, -0.15) is 0 Å². The van der Waals surface area contributed by atoms with Crippen molar-refractivity contribution in [3.05, 3.63) is 20.3 Å². The molecule has 0 bridgehead atoms. The van der Waals surface area contributed by atoms with Crippen LogP contribution in [0.4, 0.5) is 0 Å². The van der Waals surface area contributed by atoms with Crippen molar-refractivity contribution in [2.45, 2.75) is 53.5 Å². The van der Waals surface area contributed by atoms with Crippen LogP contribution < -0.4 is 5.32 Å². The number of hydrogen-bond acceptors (Lipinski definition) is 2. The lowest BCUT2D eigenvalue weighted by Gasteiger charge is -2.26. The van der Waals surface area contributed by atoms with Crippen LogP contribution in [0.5, 0.6) is 0 Å². The van der Waals surface area contributed by atoms with Crippen LogP contribution in [0.25, 0.3) is 0 Å². The van der Waals surface area contributed by atoms with Crippen LogP contribution in [0, 0.1) is 12.3 Å². The lowest BCUT2D eigenvalue weighted by Crippen LogP contribution is -2.34. The van der Waals surface area contributed by atoms with E-state index in [1.165, 1.54) is 27.1 Å². The third-order valence-corrected chi connectivity index (χ3v) is 4.65. The molecule has 1 rings (SSSR count). The molecular weight excluding hydrogens is 294 g/mol. The highest BCUT2D eigenvalue weighted by Gasteiger charge is 2.18. The summed E-state index contributed by atoms with van der Waals surface area (Å²) in [6, 6.07) is 2.85. The largest absolute Gasteiger partial charge is 0.314 e. The molecule has 0 aliphatic rings. The van der Waals surface area contributed by atoms with E-state index in [9.17, 15) is 0 Å². The van der Waals surface area contributed by atoms with Gasteiger partial charge in [-0.1, -0.05) is 27.7 Å². The summed E-state index contributed by atoms with van der Waals surface area (Å²) in [6.07, 6.45) is 2.41. The van der Waals surface area contributed by atoms with E-state index in [4.69, 9.17) is 0 Å². The van der Waals surface area contributed by atoms with Crippen LogP contribution >= 0.6 is 27.3 Å². The summed E-state index contributed by atoms with van der Waals surface area (Å²) in [5, 5.41) is 3.54. The van der Waals surface area contributed by atoms with Crippen LogP contribution in [-0.2, 0) is 6.42 Å². The minimum absolute atomic E-state index is 0.366. The Hall–Kier alpha value is 0.140. The molecule has 0 radical (unpaired) electrons. The third kappa shape index (κ3) is 5.54. The minimum atomic E-state index is 0.366. The van der Waals surface area contributed by atoms with E-state index in [0.717, 1.165) is 6.54 Å². The zero-order valence-corrected chi connectivity index (χ0v) is 14.0. The molecule has 1 heterocycles. The van der Waals surface area contributed by atoms with E-state index in [-0.39, 0.29) is 0 Å². The number of hydrogen-bond donors (Lipinski definition) is 1. The third-order valence-electron chi connectivity index (χ3n) is 3.05. The molecule has 0 aromatic carbocycles. The summed E-state index contributed by atoms with van der Waals surface area (Å²) < 4.78 is 1.25. The molecule has 0 amide bonds. The Labute approximate surface area is 118 Å². The number of aryl methyl sites for hydroxylation is 2. The van der Waals surface area contributed by atoms with Gasteiger partial charge in [0.05, 0.1) is 3.79 Å². The molecule has 17 heavy (non-hydrogen) atoms. The van der Waals surface area contributed by atoms with Gasteiger partial charge in [0.1, 0.15) is 0 Å². The molecule has 0 spiro atoms. The van der Waals surface area contributed by atoms with Crippen LogP contribution in [0.3, 0.4) is 0 Å². The Morgan fingerprint density at radius 3 is 2.53 bits per heavy atom. The first-order chi connectivity index (χ1) is 7.80. The van der Waals surface area contributed by atoms with Crippen molar-refractivity contribution < 1.29 is 0 Å². The second kappa shape index (κ2) is 6.35. The molecular formula is C14H24BrNS. The predicted molar refractivity (Wildman–Crippen MR) is 82.0 cm³/mol. The van der Waals surface area contributed by atoms with Gasteiger partial charge < -0.3 is 5.32 Å². The molecule has 1 aromatic heterocycles. The maximum absolute atomic E-state index is 3.56. The molecule has 1 aromatic rings. The highest BCUT2D eigenvalue weighted by molar-refractivity contribution is 9.11. The van der Waals surface area contributed by atoms with Crippen LogP contribution in [0.1, 0.15) is 44.6 Å². The number of nitrogens with one attached hydrogen (secondary N) is 1. The van der Waals surface area contributed by atoms with Gasteiger partial charge in [0.2, 0.25) is 0 Å². The zero-order chi connectivity index (χ0) is 13.1. The van der Waals surface area contributed by atoms with Crippen molar-refractivity contribution >= 4 is 27.3 Å². The Bertz CT molecular complexity index is 355. The lowest BCUT2D eigenvalue weighted by molar-refractivity contribution is 0.304. The van der Waals surface area contributed by atoms with Crippen LogP contribution in [-0.4, -0.2) is 12.6 Å². The lowest BCUT2D eigenvalue weighted by atomic mass is 9.86. The van der Waals surface area contributed by atoms with Gasteiger partial charge >= 0.3 is 0 Å². The SMILES string of the molecule is Cc1sc(Br)cc1CCC(C)(C)CNC(C)C. The monoisotopic (exact) mass is 317 g/mol. The van der Waals surface area contributed by atoms with Crippen molar-refractivity contribution in [2.24, 2.45) is 5.41 Å². The highest BCUT2D eigenvalue weighted by atomic mass is 79.9. The first kappa shape index (κ1) is 15.2. The molecule has 3 heteroatoms. The van der Waals surface area contributed by atoms with Gasteiger partial charge in [0.15, 0.2) is 0 Å². The predicted octanol–water partition coefficient (Wildman–Crippen LogP) is 4.78. The molecule has 0 fully saturated rings. The fourth-order valence-electron chi connectivity index (χ4n) is 1.77. The normalized spacial score (nSPS) is 12.4. The zero-order valence-electron chi connectivity index (χ0n) is 11.6. The van der Waals surface area contributed by atoms with Gasteiger partial charge in [0.25, 0.3) is 0 Å². The molecule has 1 nitrogen and oxygen atoms in total. The van der Waals surface area contributed by atoms with E-state index in [2.05, 4.69) is 61.9 Å². The van der Waals surface area contributed by atoms with Gasteiger partial charge in [-0.3, -0.25) is 0 Å². The standard InChI is InChI=1S/C14H24BrNS/c1-10(2)16-9-14(4,5)7-6-12-8-13(15)17-11(12)3/h8,10,16H,6-7,9H2,1-5H3. The first-order valence-corrected chi connectivity index (χ1v) is 7.89. The molecule has 1 N–H and O–H groups in total. The molecule has 0 atom stereocenters.